The quantitative estimate of drug-likeness (QED) is 0.710. The van der Waals surface area contributed by atoms with Crippen LogP contribution in [0.3, 0.4) is 0 Å². The maximum Gasteiger partial charge on any atom is 0.153 e. The Balaban J connectivity index is 2.18. The van der Waals surface area contributed by atoms with Gasteiger partial charge in [-0.3, -0.25) is 10.1 Å². The molecule has 18 heavy (non-hydrogen) atoms. The van der Waals surface area contributed by atoms with Crippen molar-refractivity contribution in [1.29, 1.82) is 0 Å². The Hall–Kier alpha value is -2.63. The summed E-state index contributed by atoms with van der Waals surface area (Å²) < 4.78 is 1.87. The van der Waals surface area contributed by atoms with Gasteiger partial charge >= 0.3 is 0 Å². The standard InChI is InChI=1S/C12H12N6/c1-18-6-9(15-7-18)11-10(12(13)17-16-11)8-3-2-4-14-5-8/h2-7H,1H3,(H3,13,16,17). The number of hydrogen-bond acceptors (Lipinski definition) is 4. The van der Waals surface area contributed by atoms with Crippen LogP contribution >= 0.6 is 0 Å². The molecular formula is C12H12N6. The molecule has 0 atom stereocenters. The number of nitrogens with zero attached hydrogens (tertiary/aromatic N) is 4. The Morgan fingerprint density at radius 2 is 2.28 bits per heavy atom. The molecular weight excluding hydrogens is 228 g/mol. The molecule has 0 aliphatic rings. The molecule has 6 nitrogen and oxygen atoms in total. The first-order valence-corrected chi connectivity index (χ1v) is 5.48. The lowest BCUT2D eigenvalue weighted by Gasteiger charge is -2.01. The van der Waals surface area contributed by atoms with Gasteiger partial charge in [0.15, 0.2) is 5.82 Å². The number of pyridine rings is 1. The van der Waals surface area contributed by atoms with E-state index in [1.807, 2.05) is 29.9 Å². The summed E-state index contributed by atoms with van der Waals surface area (Å²) in [4.78, 5) is 8.40. The molecule has 0 aliphatic heterocycles. The van der Waals surface area contributed by atoms with E-state index in [1.54, 1.807) is 18.7 Å². The second-order valence-corrected chi connectivity index (χ2v) is 4.02. The van der Waals surface area contributed by atoms with Gasteiger partial charge in [-0.25, -0.2) is 4.98 Å². The van der Waals surface area contributed by atoms with Crippen molar-refractivity contribution in [3.63, 3.8) is 0 Å². The van der Waals surface area contributed by atoms with Gasteiger partial charge < -0.3 is 10.3 Å². The third-order valence-corrected chi connectivity index (χ3v) is 2.71. The van der Waals surface area contributed by atoms with Crippen LogP contribution in [-0.2, 0) is 7.05 Å². The number of hydrogen-bond donors (Lipinski definition) is 2. The molecule has 3 aromatic heterocycles. The van der Waals surface area contributed by atoms with Crippen LogP contribution in [0.4, 0.5) is 5.82 Å². The molecule has 90 valence electrons. The van der Waals surface area contributed by atoms with E-state index in [-0.39, 0.29) is 0 Å². The van der Waals surface area contributed by atoms with E-state index in [0.717, 1.165) is 22.5 Å². The van der Waals surface area contributed by atoms with Crippen molar-refractivity contribution in [2.45, 2.75) is 0 Å². The molecule has 3 N–H and O–H groups in total. The zero-order chi connectivity index (χ0) is 12.5. The average Bonchev–Trinajstić information content (AvgIpc) is 2.96. The molecule has 3 rings (SSSR count). The minimum absolute atomic E-state index is 0.448. The third kappa shape index (κ3) is 1.64. The van der Waals surface area contributed by atoms with E-state index in [4.69, 9.17) is 5.73 Å². The lowest BCUT2D eigenvalue weighted by atomic mass is 10.1. The molecule has 0 saturated heterocycles. The number of aryl methyl sites for hydroxylation is 1. The highest BCUT2D eigenvalue weighted by molar-refractivity contribution is 5.86. The second-order valence-electron chi connectivity index (χ2n) is 4.02. The number of rotatable bonds is 2. The summed E-state index contributed by atoms with van der Waals surface area (Å²) in [5, 5.41) is 6.98. The first kappa shape index (κ1) is 10.5. The van der Waals surface area contributed by atoms with Crippen LogP contribution in [0.1, 0.15) is 0 Å². The minimum atomic E-state index is 0.448. The van der Waals surface area contributed by atoms with Gasteiger partial charge in [0.1, 0.15) is 5.69 Å². The Kier molecular flexibility index (Phi) is 2.33. The summed E-state index contributed by atoms with van der Waals surface area (Å²) in [6, 6.07) is 3.81. The van der Waals surface area contributed by atoms with Crippen molar-refractivity contribution in [1.82, 2.24) is 24.7 Å². The lowest BCUT2D eigenvalue weighted by molar-refractivity contribution is 0.913. The zero-order valence-corrected chi connectivity index (χ0v) is 9.83. The van der Waals surface area contributed by atoms with Crippen LogP contribution in [0.5, 0.6) is 0 Å². The van der Waals surface area contributed by atoms with Crippen LogP contribution in [0, 0.1) is 0 Å². The average molecular weight is 240 g/mol. The zero-order valence-electron chi connectivity index (χ0n) is 9.83. The molecule has 0 radical (unpaired) electrons. The predicted molar refractivity (Wildman–Crippen MR) is 68.4 cm³/mol. The molecule has 0 fully saturated rings. The van der Waals surface area contributed by atoms with Crippen LogP contribution in [0.25, 0.3) is 22.5 Å². The SMILES string of the molecule is Cn1cnc(-c2[nH]nc(N)c2-c2cccnc2)c1. The second kappa shape index (κ2) is 3.99. The number of aromatic amines is 1. The first-order valence-electron chi connectivity index (χ1n) is 5.48. The van der Waals surface area contributed by atoms with E-state index in [1.165, 1.54) is 0 Å². The molecule has 0 saturated carbocycles. The van der Waals surface area contributed by atoms with Crippen LogP contribution in [0.15, 0.2) is 37.1 Å². The topological polar surface area (TPSA) is 85.4 Å². The van der Waals surface area contributed by atoms with Gasteiger partial charge in [-0.2, -0.15) is 5.10 Å². The number of imidazole rings is 1. The van der Waals surface area contributed by atoms with Crippen LogP contribution in [-0.4, -0.2) is 24.7 Å². The largest absolute Gasteiger partial charge is 0.382 e. The van der Waals surface area contributed by atoms with Crippen LogP contribution < -0.4 is 5.73 Å². The fourth-order valence-corrected chi connectivity index (χ4v) is 1.89. The maximum atomic E-state index is 5.91. The number of anilines is 1. The summed E-state index contributed by atoms with van der Waals surface area (Å²) >= 11 is 0. The van der Waals surface area contributed by atoms with Gasteiger partial charge in [-0.15, -0.1) is 0 Å². The smallest absolute Gasteiger partial charge is 0.153 e. The van der Waals surface area contributed by atoms with Crippen molar-refractivity contribution < 1.29 is 0 Å². The van der Waals surface area contributed by atoms with E-state index >= 15 is 0 Å². The van der Waals surface area contributed by atoms with E-state index in [0.29, 0.717) is 5.82 Å². The van der Waals surface area contributed by atoms with E-state index in [2.05, 4.69) is 20.2 Å². The van der Waals surface area contributed by atoms with Gasteiger partial charge in [0.05, 0.1) is 17.6 Å². The number of nitrogen functional groups attached to an aromatic ring is 1. The first-order chi connectivity index (χ1) is 8.75. The van der Waals surface area contributed by atoms with Gasteiger partial charge in [-0.05, 0) is 6.07 Å². The monoisotopic (exact) mass is 240 g/mol. The number of aromatic nitrogens is 5. The Labute approximate surface area is 104 Å². The molecule has 0 aliphatic carbocycles. The highest BCUT2D eigenvalue weighted by Crippen LogP contribution is 2.32. The van der Waals surface area contributed by atoms with Crippen molar-refractivity contribution in [3.8, 4) is 22.5 Å². The minimum Gasteiger partial charge on any atom is -0.382 e. The molecule has 0 amide bonds. The molecule has 0 bridgehead atoms. The molecule has 3 aromatic rings. The van der Waals surface area contributed by atoms with Crippen molar-refractivity contribution >= 4 is 5.82 Å². The molecule has 6 heteroatoms. The summed E-state index contributed by atoms with van der Waals surface area (Å²) in [5.41, 5.74) is 9.28. The fraction of sp³-hybridized carbons (Fsp3) is 0.0833. The normalized spacial score (nSPS) is 10.7. The summed E-state index contributed by atoms with van der Waals surface area (Å²) in [6.07, 6.45) is 7.13. The third-order valence-electron chi connectivity index (χ3n) is 2.71. The maximum absolute atomic E-state index is 5.91. The summed E-state index contributed by atoms with van der Waals surface area (Å²) in [7, 11) is 1.92. The fourth-order valence-electron chi connectivity index (χ4n) is 1.89. The van der Waals surface area contributed by atoms with Crippen molar-refractivity contribution in [2.75, 3.05) is 5.73 Å². The van der Waals surface area contributed by atoms with Gasteiger partial charge in [0, 0.05) is 31.2 Å². The number of nitrogens with one attached hydrogen (secondary N) is 1. The molecule has 0 aromatic carbocycles. The predicted octanol–water partition coefficient (Wildman–Crippen LogP) is 1.45. The Morgan fingerprint density at radius 3 is 2.94 bits per heavy atom. The van der Waals surface area contributed by atoms with Gasteiger partial charge in [-0.1, -0.05) is 6.07 Å². The number of H-pyrrole nitrogens is 1. The highest BCUT2D eigenvalue weighted by Gasteiger charge is 2.16. The number of nitrogens with two attached hydrogens (primary N) is 1. The summed E-state index contributed by atoms with van der Waals surface area (Å²) in [5.74, 6) is 0.448. The Bertz CT molecular complexity index is 667. The van der Waals surface area contributed by atoms with Gasteiger partial charge in [0.2, 0.25) is 0 Å². The molecule has 0 spiro atoms. The van der Waals surface area contributed by atoms with Crippen molar-refractivity contribution in [2.24, 2.45) is 7.05 Å². The Morgan fingerprint density at radius 1 is 1.39 bits per heavy atom. The highest BCUT2D eigenvalue weighted by atomic mass is 15.2. The van der Waals surface area contributed by atoms with Gasteiger partial charge in [0.25, 0.3) is 0 Å². The summed E-state index contributed by atoms with van der Waals surface area (Å²) in [6.45, 7) is 0. The van der Waals surface area contributed by atoms with Crippen molar-refractivity contribution in [3.05, 3.63) is 37.1 Å². The van der Waals surface area contributed by atoms with E-state index < -0.39 is 0 Å². The lowest BCUT2D eigenvalue weighted by Crippen LogP contribution is -1.89. The van der Waals surface area contributed by atoms with E-state index in [9.17, 15) is 0 Å². The van der Waals surface area contributed by atoms with Crippen LogP contribution in [0.2, 0.25) is 0 Å². The molecule has 0 unspecified atom stereocenters. The molecule has 3 heterocycles.